The number of rotatable bonds is 4. The smallest absolute Gasteiger partial charge is 0.343 e. The van der Waals surface area contributed by atoms with Crippen molar-refractivity contribution in [3.63, 3.8) is 0 Å². The van der Waals surface area contributed by atoms with Crippen LogP contribution < -0.4 is 5.69 Å². The van der Waals surface area contributed by atoms with Crippen molar-refractivity contribution in [3.8, 4) is 0 Å². The largest absolute Gasteiger partial charge is 0.461 e. The van der Waals surface area contributed by atoms with E-state index in [0.29, 0.717) is 12.5 Å². The molecule has 1 unspecified atom stereocenters. The van der Waals surface area contributed by atoms with Gasteiger partial charge in [-0.05, 0) is 45.7 Å². The van der Waals surface area contributed by atoms with E-state index in [9.17, 15) is 9.59 Å². The molecular formula is C16H24N4O3. The van der Waals surface area contributed by atoms with Crippen molar-refractivity contribution in [1.29, 1.82) is 0 Å². The molecule has 7 heteroatoms. The fourth-order valence-corrected chi connectivity index (χ4v) is 4.11. The van der Waals surface area contributed by atoms with E-state index >= 15 is 0 Å². The second-order valence-electron chi connectivity index (χ2n) is 7.22. The van der Waals surface area contributed by atoms with Gasteiger partial charge in [-0.25, -0.2) is 9.89 Å². The molecule has 3 aliphatic rings. The molecule has 1 aromatic heterocycles. The number of H-pyrrole nitrogens is 1. The molecule has 4 rings (SSSR count). The van der Waals surface area contributed by atoms with Crippen LogP contribution in [-0.4, -0.2) is 51.4 Å². The summed E-state index contributed by atoms with van der Waals surface area (Å²) in [6, 6.07) is 0. The molecule has 0 radical (unpaired) electrons. The number of nitrogens with one attached hydrogen (secondary N) is 1. The third kappa shape index (κ3) is 2.60. The molecule has 3 heterocycles. The number of aromatic nitrogens is 3. The lowest BCUT2D eigenvalue weighted by molar-refractivity contribution is -0.145. The van der Waals surface area contributed by atoms with Gasteiger partial charge >= 0.3 is 11.7 Å². The first-order chi connectivity index (χ1) is 11.1. The minimum Gasteiger partial charge on any atom is -0.461 e. The summed E-state index contributed by atoms with van der Waals surface area (Å²) in [6.45, 7) is 5.41. The van der Waals surface area contributed by atoms with Gasteiger partial charge in [0, 0.05) is 25.4 Å². The molecule has 0 bridgehead atoms. The molecule has 1 aromatic rings. The maximum absolute atomic E-state index is 11.8. The maximum Gasteiger partial charge on any atom is 0.343 e. The molecule has 23 heavy (non-hydrogen) atoms. The SMILES string of the molecule is CCn1c(C2CCN(CC3CC4(CC4)C(=O)O3)CC2)n[nH]c1=O. The number of hydrogen-bond donors (Lipinski definition) is 1. The highest BCUT2D eigenvalue weighted by Crippen LogP contribution is 2.54. The Bertz CT molecular complexity index is 653. The Morgan fingerprint density at radius 2 is 2.04 bits per heavy atom. The predicted octanol–water partition coefficient (Wildman–Crippen LogP) is 0.866. The van der Waals surface area contributed by atoms with Gasteiger partial charge in [0.25, 0.3) is 0 Å². The number of carbonyl (C=O) groups is 1. The number of likely N-dealkylation sites (tertiary alicyclic amines) is 1. The highest BCUT2D eigenvalue weighted by molar-refractivity contribution is 5.82. The van der Waals surface area contributed by atoms with E-state index in [2.05, 4.69) is 15.1 Å². The van der Waals surface area contributed by atoms with Crippen LogP contribution in [0.5, 0.6) is 0 Å². The zero-order chi connectivity index (χ0) is 16.0. The zero-order valence-electron chi connectivity index (χ0n) is 13.6. The number of piperidine rings is 1. The summed E-state index contributed by atoms with van der Waals surface area (Å²) in [4.78, 5) is 25.9. The lowest BCUT2D eigenvalue weighted by Gasteiger charge is -2.32. The summed E-state index contributed by atoms with van der Waals surface area (Å²) in [5.41, 5.74) is -0.215. The third-order valence-corrected chi connectivity index (χ3v) is 5.70. The van der Waals surface area contributed by atoms with E-state index in [4.69, 9.17) is 4.74 Å². The van der Waals surface area contributed by atoms with Crippen molar-refractivity contribution < 1.29 is 9.53 Å². The van der Waals surface area contributed by atoms with Gasteiger partial charge in [-0.2, -0.15) is 5.10 Å². The van der Waals surface area contributed by atoms with E-state index in [1.54, 1.807) is 4.57 Å². The molecule has 3 fully saturated rings. The standard InChI is InChI=1S/C16H24N4O3/c1-2-20-13(17-18-15(20)22)11-3-7-19(8-4-11)10-12-9-16(5-6-16)14(21)23-12/h11-12H,2-10H2,1H3,(H,18,22). The minimum absolute atomic E-state index is 0.0286. The normalized spacial score (nSPS) is 27.5. The first kappa shape index (κ1) is 14.9. The number of hydrogen-bond acceptors (Lipinski definition) is 5. The van der Waals surface area contributed by atoms with Gasteiger partial charge in [0.1, 0.15) is 11.9 Å². The Kier molecular flexibility index (Phi) is 3.55. The van der Waals surface area contributed by atoms with Crippen LogP contribution in [0.2, 0.25) is 0 Å². The maximum atomic E-state index is 11.8. The van der Waals surface area contributed by atoms with Crippen molar-refractivity contribution in [1.82, 2.24) is 19.7 Å². The quantitative estimate of drug-likeness (QED) is 0.833. The second kappa shape index (κ2) is 5.47. The molecule has 1 N–H and O–H groups in total. The van der Waals surface area contributed by atoms with Gasteiger partial charge in [-0.1, -0.05) is 0 Å². The fourth-order valence-electron chi connectivity index (χ4n) is 4.11. The molecule has 2 aliphatic heterocycles. The van der Waals surface area contributed by atoms with Gasteiger partial charge in [0.05, 0.1) is 5.41 Å². The van der Waals surface area contributed by atoms with Crippen molar-refractivity contribution in [2.24, 2.45) is 5.41 Å². The Hall–Kier alpha value is -1.63. The van der Waals surface area contributed by atoms with Gasteiger partial charge in [-0.3, -0.25) is 14.3 Å². The fraction of sp³-hybridized carbons (Fsp3) is 0.812. The predicted molar refractivity (Wildman–Crippen MR) is 83.1 cm³/mol. The summed E-state index contributed by atoms with van der Waals surface area (Å²) in [6.07, 6.45) is 4.99. The summed E-state index contributed by atoms with van der Waals surface area (Å²) >= 11 is 0. The molecule has 126 valence electrons. The van der Waals surface area contributed by atoms with Crippen molar-refractivity contribution in [2.75, 3.05) is 19.6 Å². The molecule has 1 aliphatic carbocycles. The average molecular weight is 320 g/mol. The summed E-state index contributed by atoms with van der Waals surface area (Å²) in [5.74, 6) is 1.26. The highest BCUT2D eigenvalue weighted by atomic mass is 16.6. The molecule has 0 aromatic carbocycles. The lowest BCUT2D eigenvalue weighted by Crippen LogP contribution is -2.39. The number of carbonyl (C=O) groups excluding carboxylic acids is 1. The van der Waals surface area contributed by atoms with Crippen LogP contribution >= 0.6 is 0 Å². The van der Waals surface area contributed by atoms with Crippen LogP contribution in [0.15, 0.2) is 4.79 Å². The Labute approximate surface area is 135 Å². The first-order valence-electron chi connectivity index (χ1n) is 8.70. The molecular weight excluding hydrogens is 296 g/mol. The average Bonchev–Trinajstić information content (AvgIpc) is 3.13. The van der Waals surface area contributed by atoms with Gasteiger partial charge in [0.15, 0.2) is 0 Å². The Morgan fingerprint density at radius 3 is 2.65 bits per heavy atom. The van der Waals surface area contributed by atoms with Crippen molar-refractivity contribution >= 4 is 5.97 Å². The minimum atomic E-state index is -0.113. The molecule has 1 saturated carbocycles. The van der Waals surface area contributed by atoms with Crippen LogP contribution in [-0.2, 0) is 16.1 Å². The Balaban J connectivity index is 1.33. The van der Waals surface area contributed by atoms with E-state index in [1.165, 1.54) is 0 Å². The number of esters is 1. The van der Waals surface area contributed by atoms with Crippen LogP contribution in [0.3, 0.4) is 0 Å². The van der Waals surface area contributed by atoms with E-state index in [0.717, 1.165) is 57.6 Å². The molecule has 1 atom stereocenters. The third-order valence-electron chi connectivity index (χ3n) is 5.70. The number of nitrogens with zero attached hydrogens (tertiary/aromatic N) is 3. The van der Waals surface area contributed by atoms with Gasteiger partial charge in [0.2, 0.25) is 0 Å². The van der Waals surface area contributed by atoms with Crippen molar-refractivity contribution in [2.45, 2.75) is 57.6 Å². The van der Waals surface area contributed by atoms with Crippen LogP contribution in [0.4, 0.5) is 0 Å². The van der Waals surface area contributed by atoms with E-state index in [-0.39, 0.29) is 23.2 Å². The summed E-state index contributed by atoms with van der Waals surface area (Å²) in [7, 11) is 0. The summed E-state index contributed by atoms with van der Waals surface area (Å²) < 4.78 is 7.28. The van der Waals surface area contributed by atoms with Gasteiger partial charge in [-0.15, -0.1) is 0 Å². The van der Waals surface area contributed by atoms with Gasteiger partial charge < -0.3 is 4.74 Å². The number of ether oxygens (including phenoxy) is 1. The first-order valence-corrected chi connectivity index (χ1v) is 8.70. The number of aromatic amines is 1. The summed E-state index contributed by atoms with van der Waals surface area (Å²) in [5, 5.41) is 6.78. The van der Waals surface area contributed by atoms with Crippen molar-refractivity contribution in [3.05, 3.63) is 16.3 Å². The monoisotopic (exact) mass is 320 g/mol. The number of cyclic esters (lactones) is 1. The Morgan fingerprint density at radius 1 is 1.30 bits per heavy atom. The van der Waals surface area contributed by atoms with E-state index in [1.807, 2.05) is 6.92 Å². The molecule has 0 amide bonds. The zero-order valence-corrected chi connectivity index (χ0v) is 13.6. The topological polar surface area (TPSA) is 80.2 Å². The molecule has 1 spiro atoms. The van der Waals surface area contributed by atoms with Crippen LogP contribution in [0, 0.1) is 5.41 Å². The highest BCUT2D eigenvalue weighted by Gasteiger charge is 2.57. The van der Waals surface area contributed by atoms with E-state index < -0.39 is 0 Å². The van der Waals surface area contributed by atoms with Crippen LogP contribution in [0.1, 0.15) is 50.8 Å². The lowest BCUT2D eigenvalue weighted by atomic mass is 9.95. The molecule has 7 nitrogen and oxygen atoms in total. The molecule has 2 saturated heterocycles. The second-order valence-corrected chi connectivity index (χ2v) is 7.22. The van der Waals surface area contributed by atoms with Crippen LogP contribution in [0.25, 0.3) is 0 Å².